The fourth-order valence-corrected chi connectivity index (χ4v) is 4.72. The third kappa shape index (κ3) is 3.24. The summed E-state index contributed by atoms with van der Waals surface area (Å²) in [6.45, 7) is 0. The Morgan fingerprint density at radius 2 is 1.07 bits per heavy atom. The van der Waals surface area contributed by atoms with Crippen LogP contribution in [0.25, 0.3) is 21.9 Å². The van der Waals surface area contributed by atoms with E-state index in [0.29, 0.717) is 24.0 Å². The molecule has 0 heterocycles. The monoisotopic (exact) mass is 376 g/mol. The minimum atomic E-state index is -0.840. The van der Waals surface area contributed by atoms with Gasteiger partial charge in [0, 0.05) is 11.1 Å². The number of benzene rings is 2. The lowest BCUT2D eigenvalue weighted by Crippen LogP contribution is -2.10. The van der Waals surface area contributed by atoms with Crippen LogP contribution in [0.3, 0.4) is 0 Å². The molecule has 0 aromatic heterocycles. The van der Waals surface area contributed by atoms with Crippen LogP contribution in [-0.4, -0.2) is 22.2 Å². The van der Waals surface area contributed by atoms with E-state index >= 15 is 0 Å². The van der Waals surface area contributed by atoms with Crippen molar-refractivity contribution in [2.24, 2.45) is 0 Å². The van der Waals surface area contributed by atoms with E-state index < -0.39 is 11.9 Å². The van der Waals surface area contributed by atoms with Gasteiger partial charge in [0.25, 0.3) is 0 Å². The number of allylic oxidation sites excluding steroid dienone is 2. The molecule has 0 saturated carbocycles. The molecule has 0 unspecified atom stereocenters. The van der Waals surface area contributed by atoms with Crippen molar-refractivity contribution in [1.82, 2.24) is 0 Å². The second-order valence-electron chi connectivity index (χ2n) is 7.65. The van der Waals surface area contributed by atoms with E-state index in [1.807, 2.05) is 36.4 Å². The quantitative estimate of drug-likeness (QED) is 0.721. The highest BCUT2D eigenvalue weighted by Crippen LogP contribution is 2.41. The molecule has 2 N–H and O–H groups in total. The lowest BCUT2D eigenvalue weighted by Gasteiger charge is -2.23. The van der Waals surface area contributed by atoms with E-state index in [0.717, 1.165) is 71.6 Å². The number of carboxylic acids is 2. The van der Waals surface area contributed by atoms with E-state index in [1.165, 1.54) is 0 Å². The van der Waals surface area contributed by atoms with Crippen LogP contribution >= 0.6 is 0 Å². The van der Waals surface area contributed by atoms with Gasteiger partial charge in [0.15, 0.2) is 0 Å². The lowest BCUT2D eigenvalue weighted by molar-refractivity contribution is -0.133. The largest absolute Gasteiger partial charge is 0.478 e. The van der Waals surface area contributed by atoms with Gasteiger partial charge in [-0.25, -0.2) is 9.59 Å². The molecule has 4 heteroatoms. The summed E-state index contributed by atoms with van der Waals surface area (Å²) in [5.41, 5.74) is 4.73. The molecule has 0 bridgehead atoms. The summed E-state index contributed by atoms with van der Waals surface area (Å²) >= 11 is 0. The SMILES string of the molecule is O=C(O)C1=C(c2cccc3cccc(C4=C(C(=O)O)CCCC4)c23)CCCC1. The van der Waals surface area contributed by atoms with Crippen LogP contribution in [0.2, 0.25) is 0 Å². The van der Waals surface area contributed by atoms with Crippen molar-refractivity contribution in [1.29, 1.82) is 0 Å². The topological polar surface area (TPSA) is 74.6 Å². The van der Waals surface area contributed by atoms with Crippen LogP contribution in [0.5, 0.6) is 0 Å². The minimum Gasteiger partial charge on any atom is -0.478 e. The van der Waals surface area contributed by atoms with E-state index in [1.54, 1.807) is 0 Å². The fourth-order valence-electron chi connectivity index (χ4n) is 4.72. The van der Waals surface area contributed by atoms with E-state index in [4.69, 9.17) is 0 Å². The molecule has 0 aliphatic heterocycles. The maximum absolute atomic E-state index is 11.9. The predicted molar refractivity (Wildman–Crippen MR) is 110 cm³/mol. The number of aliphatic carboxylic acids is 2. The smallest absolute Gasteiger partial charge is 0.331 e. The number of hydrogen-bond donors (Lipinski definition) is 2. The molecular formula is C24H24O4. The molecule has 0 saturated heterocycles. The Morgan fingerprint density at radius 3 is 1.50 bits per heavy atom. The third-order valence-electron chi connectivity index (χ3n) is 6.01. The van der Waals surface area contributed by atoms with Crippen molar-refractivity contribution < 1.29 is 19.8 Å². The highest BCUT2D eigenvalue weighted by Gasteiger charge is 2.25. The van der Waals surface area contributed by atoms with E-state index in [9.17, 15) is 19.8 Å². The van der Waals surface area contributed by atoms with Crippen LogP contribution in [0.4, 0.5) is 0 Å². The Labute approximate surface area is 164 Å². The first-order valence-electron chi connectivity index (χ1n) is 10.0. The normalized spacial score (nSPS) is 17.9. The van der Waals surface area contributed by atoms with Gasteiger partial charge in [0.1, 0.15) is 0 Å². The molecule has 0 atom stereocenters. The lowest BCUT2D eigenvalue weighted by atomic mass is 9.81. The average molecular weight is 376 g/mol. The second kappa shape index (κ2) is 7.63. The zero-order valence-corrected chi connectivity index (χ0v) is 15.8. The Hall–Kier alpha value is -2.88. The van der Waals surface area contributed by atoms with Crippen LogP contribution in [-0.2, 0) is 9.59 Å². The molecule has 0 fully saturated rings. The van der Waals surface area contributed by atoms with Crippen molar-refractivity contribution in [3.63, 3.8) is 0 Å². The first-order valence-corrected chi connectivity index (χ1v) is 10.0. The van der Waals surface area contributed by atoms with Crippen LogP contribution in [0.1, 0.15) is 62.5 Å². The van der Waals surface area contributed by atoms with Crippen LogP contribution in [0, 0.1) is 0 Å². The van der Waals surface area contributed by atoms with E-state index in [-0.39, 0.29) is 0 Å². The summed E-state index contributed by atoms with van der Waals surface area (Å²) in [4.78, 5) is 23.7. The Bertz CT molecular complexity index is 947. The van der Waals surface area contributed by atoms with Crippen molar-refractivity contribution in [3.05, 3.63) is 58.7 Å². The Morgan fingerprint density at radius 1 is 0.643 bits per heavy atom. The number of carbonyl (C=O) groups is 2. The first kappa shape index (κ1) is 18.5. The molecule has 0 radical (unpaired) electrons. The van der Waals surface area contributed by atoms with Crippen molar-refractivity contribution >= 4 is 33.9 Å². The average Bonchev–Trinajstić information content (AvgIpc) is 2.72. The fraction of sp³-hybridized carbons (Fsp3) is 0.333. The number of hydrogen-bond acceptors (Lipinski definition) is 2. The molecule has 2 aromatic rings. The van der Waals surface area contributed by atoms with Crippen molar-refractivity contribution in [2.75, 3.05) is 0 Å². The zero-order chi connectivity index (χ0) is 19.7. The molecule has 2 aliphatic carbocycles. The van der Waals surface area contributed by atoms with Gasteiger partial charge in [-0.05, 0) is 84.4 Å². The summed E-state index contributed by atoms with van der Waals surface area (Å²) in [5.74, 6) is -1.68. The summed E-state index contributed by atoms with van der Waals surface area (Å²) in [7, 11) is 0. The van der Waals surface area contributed by atoms with Gasteiger partial charge >= 0.3 is 11.9 Å². The standard InChI is InChI=1S/C24H24O4/c25-23(26)20-11-3-1-9-16(20)18-13-5-7-15-8-6-14-19(22(15)18)17-10-2-4-12-21(17)24(27)28/h5-8,13-14H,1-4,9-12H2,(H,25,26)(H,27,28). The van der Waals surface area contributed by atoms with Gasteiger partial charge in [-0.15, -0.1) is 0 Å². The predicted octanol–water partition coefficient (Wildman–Crippen LogP) is 5.66. The first-order chi connectivity index (χ1) is 13.6. The number of rotatable bonds is 4. The highest BCUT2D eigenvalue weighted by molar-refractivity contribution is 6.08. The van der Waals surface area contributed by atoms with Crippen LogP contribution < -0.4 is 0 Å². The van der Waals surface area contributed by atoms with Gasteiger partial charge in [-0.3, -0.25) is 0 Å². The Kier molecular flexibility index (Phi) is 5.03. The van der Waals surface area contributed by atoms with Gasteiger partial charge in [-0.2, -0.15) is 0 Å². The Balaban J connectivity index is 2.03. The van der Waals surface area contributed by atoms with Gasteiger partial charge < -0.3 is 10.2 Å². The molecule has 0 spiro atoms. The summed E-state index contributed by atoms with van der Waals surface area (Å²) < 4.78 is 0. The van der Waals surface area contributed by atoms with E-state index in [2.05, 4.69) is 0 Å². The minimum absolute atomic E-state index is 0.504. The molecule has 2 aromatic carbocycles. The maximum atomic E-state index is 11.9. The van der Waals surface area contributed by atoms with Gasteiger partial charge in [0.05, 0.1) is 0 Å². The molecule has 4 nitrogen and oxygen atoms in total. The van der Waals surface area contributed by atoms with Gasteiger partial charge in [-0.1, -0.05) is 36.4 Å². The molecule has 4 rings (SSSR count). The molecule has 2 aliphatic rings. The number of fused-ring (bicyclic) bond motifs is 1. The molecule has 0 amide bonds. The zero-order valence-electron chi connectivity index (χ0n) is 15.8. The number of carboxylic acid groups (broad SMARTS) is 2. The maximum Gasteiger partial charge on any atom is 0.331 e. The van der Waals surface area contributed by atoms with Crippen LogP contribution in [0.15, 0.2) is 47.5 Å². The summed E-state index contributed by atoms with van der Waals surface area (Å²) in [6.07, 6.45) is 6.44. The van der Waals surface area contributed by atoms with Crippen molar-refractivity contribution in [3.8, 4) is 0 Å². The van der Waals surface area contributed by atoms with Gasteiger partial charge in [0.2, 0.25) is 0 Å². The van der Waals surface area contributed by atoms with Crippen molar-refractivity contribution in [2.45, 2.75) is 51.4 Å². The molecular weight excluding hydrogens is 352 g/mol. The summed E-state index contributed by atoms with van der Waals surface area (Å²) in [6, 6.07) is 12.0. The second-order valence-corrected chi connectivity index (χ2v) is 7.65. The summed E-state index contributed by atoms with van der Waals surface area (Å²) in [5, 5.41) is 21.5. The molecule has 144 valence electrons. The highest BCUT2D eigenvalue weighted by atomic mass is 16.4. The third-order valence-corrected chi connectivity index (χ3v) is 6.01. The molecule has 28 heavy (non-hydrogen) atoms.